The van der Waals surface area contributed by atoms with E-state index in [1.54, 1.807) is 24.3 Å². The average Bonchev–Trinajstić information content (AvgIpc) is 2.70. The Morgan fingerprint density at radius 3 is 2.19 bits per heavy atom. The van der Waals surface area contributed by atoms with Crippen LogP contribution in [0.4, 0.5) is 0 Å². The van der Waals surface area contributed by atoms with Crippen LogP contribution in [0.5, 0.6) is 11.5 Å². The summed E-state index contributed by atoms with van der Waals surface area (Å²) in [5, 5.41) is 2.76. The molecule has 1 amide bonds. The predicted molar refractivity (Wildman–Crippen MR) is 102 cm³/mol. The van der Waals surface area contributed by atoms with Gasteiger partial charge in [-0.3, -0.25) is 4.79 Å². The van der Waals surface area contributed by atoms with Crippen LogP contribution < -0.4 is 14.8 Å². The molecule has 0 aliphatic heterocycles. The van der Waals surface area contributed by atoms with Crippen molar-refractivity contribution in [1.82, 2.24) is 5.32 Å². The van der Waals surface area contributed by atoms with Gasteiger partial charge in [0.25, 0.3) is 5.91 Å². The zero-order chi connectivity index (χ0) is 19.5. The third kappa shape index (κ3) is 7.40. The third-order valence-electron chi connectivity index (χ3n) is 3.83. The van der Waals surface area contributed by atoms with Crippen molar-refractivity contribution in [2.24, 2.45) is 0 Å². The summed E-state index contributed by atoms with van der Waals surface area (Å²) >= 11 is 0. The van der Waals surface area contributed by atoms with Gasteiger partial charge in [0, 0.05) is 6.54 Å². The first-order valence-corrected chi connectivity index (χ1v) is 8.91. The van der Waals surface area contributed by atoms with Gasteiger partial charge in [0.15, 0.2) is 13.2 Å². The maximum atomic E-state index is 11.8. The van der Waals surface area contributed by atoms with E-state index in [2.05, 4.69) is 5.32 Å². The molecule has 0 aliphatic carbocycles. The van der Waals surface area contributed by atoms with Gasteiger partial charge in [0.2, 0.25) is 0 Å². The van der Waals surface area contributed by atoms with Crippen molar-refractivity contribution in [2.75, 3.05) is 26.4 Å². The second-order valence-corrected chi connectivity index (χ2v) is 5.97. The number of esters is 1. The lowest BCUT2D eigenvalue weighted by Crippen LogP contribution is -2.32. The van der Waals surface area contributed by atoms with Crippen molar-refractivity contribution in [3.63, 3.8) is 0 Å². The first-order chi connectivity index (χ1) is 13.1. The molecular formula is C21H25NO5. The topological polar surface area (TPSA) is 73.9 Å². The molecule has 27 heavy (non-hydrogen) atoms. The van der Waals surface area contributed by atoms with E-state index in [-0.39, 0.29) is 25.0 Å². The van der Waals surface area contributed by atoms with Crippen LogP contribution >= 0.6 is 0 Å². The van der Waals surface area contributed by atoms with E-state index in [0.29, 0.717) is 18.9 Å². The Labute approximate surface area is 159 Å². The molecule has 0 aromatic heterocycles. The summed E-state index contributed by atoms with van der Waals surface area (Å²) in [5.74, 6) is 0.488. The minimum absolute atomic E-state index is 0.175. The number of nitrogens with one attached hydrogen (secondary N) is 1. The highest BCUT2D eigenvalue weighted by atomic mass is 16.6. The van der Waals surface area contributed by atoms with Gasteiger partial charge in [0.05, 0.1) is 6.61 Å². The Morgan fingerprint density at radius 2 is 1.56 bits per heavy atom. The van der Waals surface area contributed by atoms with Crippen LogP contribution in [0.25, 0.3) is 0 Å². The number of carbonyl (C=O) groups is 2. The summed E-state index contributed by atoms with van der Waals surface area (Å²) in [6.07, 6.45) is 0. The highest BCUT2D eigenvalue weighted by Gasteiger charge is 2.11. The molecule has 0 spiro atoms. The smallest absolute Gasteiger partial charge is 0.344 e. The number of rotatable bonds is 10. The molecule has 6 heteroatoms. The third-order valence-corrected chi connectivity index (χ3v) is 3.83. The zero-order valence-electron chi connectivity index (χ0n) is 15.6. The summed E-state index contributed by atoms with van der Waals surface area (Å²) in [6, 6.07) is 16.8. The Balaban J connectivity index is 1.63. The van der Waals surface area contributed by atoms with Crippen molar-refractivity contribution in [3.05, 3.63) is 60.2 Å². The van der Waals surface area contributed by atoms with Crippen molar-refractivity contribution >= 4 is 11.9 Å². The molecule has 2 aromatic carbocycles. The summed E-state index contributed by atoms with van der Waals surface area (Å²) in [7, 11) is 0. The number of ether oxygens (including phenoxy) is 3. The summed E-state index contributed by atoms with van der Waals surface area (Å²) in [5.41, 5.74) is 1.14. The molecule has 0 radical (unpaired) electrons. The zero-order valence-corrected chi connectivity index (χ0v) is 15.6. The maximum absolute atomic E-state index is 11.8. The molecule has 1 N–H and O–H groups in total. The average molecular weight is 371 g/mol. The van der Waals surface area contributed by atoms with E-state index in [9.17, 15) is 9.59 Å². The fraction of sp³-hybridized carbons (Fsp3) is 0.333. The molecule has 1 atom stereocenters. The molecule has 2 rings (SSSR count). The maximum Gasteiger partial charge on any atom is 0.344 e. The van der Waals surface area contributed by atoms with Crippen LogP contribution in [-0.4, -0.2) is 38.2 Å². The first-order valence-electron chi connectivity index (χ1n) is 8.91. The van der Waals surface area contributed by atoms with Crippen LogP contribution in [-0.2, 0) is 14.3 Å². The van der Waals surface area contributed by atoms with Crippen LogP contribution in [0.3, 0.4) is 0 Å². The standard InChI is InChI=1S/C21H25NO5/c1-3-25-18-9-11-19(12-10-18)26-15-21(24)27-14-20(23)22-13-16(2)17-7-5-4-6-8-17/h4-12,16H,3,13-15H2,1-2H3,(H,22,23)/t16-/m0/s1. The number of amides is 1. The number of carbonyl (C=O) groups excluding carboxylic acids is 2. The van der Waals surface area contributed by atoms with Gasteiger partial charge >= 0.3 is 5.97 Å². The van der Waals surface area contributed by atoms with Gasteiger partial charge in [0.1, 0.15) is 11.5 Å². The number of hydrogen-bond donors (Lipinski definition) is 1. The van der Waals surface area contributed by atoms with E-state index in [4.69, 9.17) is 14.2 Å². The lowest BCUT2D eigenvalue weighted by atomic mass is 10.0. The molecular weight excluding hydrogens is 346 g/mol. The van der Waals surface area contributed by atoms with E-state index < -0.39 is 5.97 Å². The predicted octanol–water partition coefficient (Wildman–Crippen LogP) is 2.93. The quantitative estimate of drug-likeness (QED) is 0.650. The first kappa shape index (κ1) is 20.3. The van der Waals surface area contributed by atoms with Crippen molar-refractivity contribution in [1.29, 1.82) is 0 Å². The largest absolute Gasteiger partial charge is 0.494 e. The summed E-state index contributed by atoms with van der Waals surface area (Å²) in [6.45, 7) is 4.39. The van der Waals surface area contributed by atoms with E-state index in [1.807, 2.05) is 44.2 Å². The molecule has 0 unspecified atom stereocenters. The molecule has 0 saturated carbocycles. The minimum Gasteiger partial charge on any atom is -0.494 e. The fourth-order valence-corrected chi connectivity index (χ4v) is 2.35. The van der Waals surface area contributed by atoms with Crippen LogP contribution in [0.1, 0.15) is 25.3 Å². The lowest BCUT2D eigenvalue weighted by Gasteiger charge is -2.13. The molecule has 0 bridgehead atoms. The van der Waals surface area contributed by atoms with Gasteiger partial charge in [-0.1, -0.05) is 37.3 Å². The van der Waals surface area contributed by atoms with Crippen molar-refractivity contribution in [3.8, 4) is 11.5 Å². The summed E-state index contributed by atoms with van der Waals surface area (Å²) in [4.78, 5) is 23.5. The monoisotopic (exact) mass is 371 g/mol. The Hall–Kier alpha value is -3.02. The molecule has 2 aromatic rings. The van der Waals surface area contributed by atoms with Crippen LogP contribution in [0, 0.1) is 0 Å². The van der Waals surface area contributed by atoms with E-state index >= 15 is 0 Å². The second kappa shape index (κ2) is 10.9. The molecule has 0 heterocycles. The second-order valence-electron chi connectivity index (χ2n) is 5.97. The van der Waals surface area contributed by atoms with Gasteiger partial charge in [-0.05, 0) is 42.7 Å². The lowest BCUT2D eigenvalue weighted by molar-refractivity contribution is -0.150. The normalized spacial score (nSPS) is 11.3. The molecule has 144 valence electrons. The molecule has 0 fully saturated rings. The SMILES string of the molecule is CCOc1ccc(OCC(=O)OCC(=O)NC[C@H](C)c2ccccc2)cc1. The highest BCUT2D eigenvalue weighted by molar-refractivity contribution is 5.80. The molecule has 6 nitrogen and oxygen atoms in total. The van der Waals surface area contributed by atoms with Gasteiger partial charge < -0.3 is 19.5 Å². The van der Waals surface area contributed by atoms with Crippen LogP contribution in [0.2, 0.25) is 0 Å². The minimum atomic E-state index is -0.602. The molecule has 0 saturated heterocycles. The number of hydrogen-bond acceptors (Lipinski definition) is 5. The van der Waals surface area contributed by atoms with Crippen molar-refractivity contribution in [2.45, 2.75) is 19.8 Å². The van der Waals surface area contributed by atoms with Crippen LogP contribution in [0.15, 0.2) is 54.6 Å². The highest BCUT2D eigenvalue weighted by Crippen LogP contribution is 2.17. The van der Waals surface area contributed by atoms with E-state index in [0.717, 1.165) is 11.3 Å². The van der Waals surface area contributed by atoms with Gasteiger partial charge in [-0.2, -0.15) is 0 Å². The summed E-state index contributed by atoms with van der Waals surface area (Å²) < 4.78 is 15.6. The number of benzene rings is 2. The van der Waals surface area contributed by atoms with Gasteiger partial charge in [-0.25, -0.2) is 4.79 Å². The van der Waals surface area contributed by atoms with E-state index in [1.165, 1.54) is 0 Å². The molecule has 0 aliphatic rings. The Kier molecular flexibility index (Phi) is 8.16. The fourth-order valence-electron chi connectivity index (χ4n) is 2.35. The van der Waals surface area contributed by atoms with Crippen molar-refractivity contribution < 1.29 is 23.8 Å². The Morgan fingerprint density at radius 1 is 0.926 bits per heavy atom. The Bertz CT molecular complexity index is 715. The van der Waals surface area contributed by atoms with Gasteiger partial charge in [-0.15, -0.1) is 0 Å².